The normalized spacial score (nSPS) is 15.4. The number of carbonyl (C=O) groups is 2. The van der Waals surface area contributed by atoms with Crippen LogP contribution in [0.25, 0.3) is 0 Å². The SMILES string of the molecule is O=C(Nc1ccc(C(F)(F)F)cc1)C1CCN(C(=O)c2cccc(Cl)c2)CC1. The Labute approximate surface area is 165 Å². The average Bonchev–Trinajstić information content (AvgIpc) is 2.67. The number of hydrogen-bond donors (Lipinski definition) is 1. The zero-order valence-corrected chi connectivity index (χ0v) is 15.6. The number of hydrogen-bond acceptors (Lipinski definition) is 2. The minimum absolute atomic E-state index is 0.135. The molecule has 0 unspecified atom stereocenters. The summed E-state index contributed by atoms with van der Waals surface area (Å²) in [6.07, 6.45) is -3.44. The zero-order valence-electron chi connectivity index (χ0n) is 14.8. The second kappa shape index (κ2) is 8.22. The largest absolute Gasteiger partial charge is 0.416 e. The molecular weight excluding hydrogens is 393 g/mol. The van der Waals surface area contributed by atoms with Gasteiger partial charge in [0.1, 0.15) is 0 Å². The standard InChI is InChI=1S/C20H18ClF3N2O2/c21-16-3-1-2-14(12-16)19(28)26-10-8-13(9-11-26)18(27)25-17-6-4-15(5-7-17)20(22,23)24/h1-7,12-13H,8-11H2,(H,25,27). The molecule has 0 bridgehead atoms. The second-order valence-electron chi connectivity index (χ2n) is 6.64. The maximum absolute atomic E-state index is 12.6. The van der Waals surface area contributed by atoms with Crippen molar-refractivity contribution in [1.29, 1.82) is 0 Å². The quantitative estimate of drug-likeness (QED) is 0.786. The van der Waals surface area contributed by atoms with Crippen LogP contribution in [0.3, 0.4) is 0 Å². The fourth-order valence-corrected chi connectivity index (χ4v) is 3.33. The van der Waals surface area contributed by atoms with Gasteiger partial charge in [-0.25, -0.2) is 0 Å². The van der Waals surface area contributed by atoms with Crippen molar-refractivity contribution in [3.63, 3.8) is 0 Å². The molecule has 1 heterocycles. The number of nitrogens with one attached hydrogen (secondary N) is 1. The van der Waals surface area contributed by atoms with Crippen LogP contribution in [0.5, 0.6) is 0 Å². The van der Waals surface area contributed by atoms with E-state index in [1.807, 2.05) is 0 Å². The van der Waals surface area contributed by atoms with Gasteiger partial charge in [0, 0.05) is 35.3 Å². The number of piperidine rings is 1. The Balaban J connectivity index is 1.54. The van der Waals surface area contributed by atoms with Crippen LogP contribution in [0.2, 0.25) is 5.02 Å². The molecule has 8 heteroatoms. The highest BCUT2D eigenvalue weighted by Crippen LogP contribution is 2.30. The summed E-state index contributed by atoms with van der Waals surface area (Å²) in [7, 11) is 0. The number of rotatable bonds is 3. The first-order chi connectivity index (χ1) is 13.2. The third-order valence-electron chi connectivity index (χ3n) is 4.70. The van der Waals surface area contributed by atoms with Crippen LogP contribution in [0.1, 0.15) is 28.8 Å². The maximum Gasteiger partial charge on any atom is 0.416 e. The molecule has 0 spiro atoms. The van der Waals surface area contributed by atoms with Crippen LogP contribution >= 0.6 is 11.6 Å². The summed E-state index contributed by atoms with van der Waals surface area (Å²) in [5.74, 6) is -0.690. The lowest BCUT2D eigenvalue weighted by atomic mass is 9.95. The Kier molecular flexibility index (Phi) is 5.93. The van der Waals surface area contributed by atoms with Gasteiger partial charge >= 0.3 is 6.18 Å². The Morgan fingerprint density at radius 1 is 1.04 bits per heavy atom. The van der Waals surface area contributed by atoms with Gasteiger partial charge in [0.05, 0.1) is 5.56 Å². The van der Waals surface area contributed by atoms with E-state index in [1.165, 1.54) is 12.1 Å². The van der Waals surface area contributed by atoms with Gasteiger partial charge in [0.25, 0.3) is 5.91 Å². The summed E-state index contributed by atoms with van der Waals surface area (Å²) in [6, 6.07) is 11.0. The molecule has 2 aromatic rings. The minimum atomic E-state index is -4.41. The van der Waals surface area contributed by atoms with Crippen molar-refractivity contribution < 1.29 is 22.8 Å². The summed E-state index contributed by atoms with van der Waals surface area (Å²) >= 11 is 5.92. The molecule has 0 aliphatic carbocycles. The van der Waals surface area contributed by atoms with E-state index >= 15 is 0 Å². The van der Waals surface area contributed by atoms with Crippen molar-refractivity contribution in [2.45, 2.75) is 19.0 Å². The van der Waals surface area contributed by atoms with Crippen LogP contribution in [0, 0.1) is 5.92 Å². The highest BCUT2D eigenvalue weighted by atomic mass is 35.5. The molecule has 0 saturated carbocycles. The van der Waals surface area contributed by atoms with E-state index < -0.39 is 11.7 Å². The third kappa shape index (κ3) is 4.84. The smallest absolute Gasteiger partial charge is 0.339 e. The summed E-state index contributed by atoms with van der Waals surface area (Å²) in [5, 5.41) is 3.13. The first-order valence-corrected chi connectivity index (χ1v) is 9.15. The summed E-state index contributed by atoms with van der Waals surface area (Å²) in [4.78, 5) is 26.6. The van der Waals surface area contributed by atoms with Crippen LogP contribution in [-0.2, 0) is 11.0 Å². The number of halogens is 4. The van der Waals surface area contributed by atoms with Crippen molar-refractivity contribution in [1.82, 2.24) is 4.90 Å². The van der Waals surface area contributed by atoms with Crippen molar-refractivity contribution >= 4 is 29.1 Å². The molecule has 3 rings (SSSR count). The van der Waals surface area contributed by atoms with Crippen molar-refractivity contribution in [3.8, 4) is 0 Å². The number of anilines is 1. The number of likely N-dealkylation sites (tertiary alicyclic amines) is 1. The van der Waals surface area contributed by atoms with Crippen molar-refractivity contribution in [2.24, 2.45) is 5.92 Å². The molecule has 2 aromatic carbocycles. The Bertz CT molecular complexity index is 860. The van der Waals surface area contributed by atoms with Gasteiger partial charge in [0.15, 0.2) is 0 Å². The zero-order chi connectivity index (χ0) is 20.3. The molecule has 1 aliphatic heterocycles. The topological polar surface area (TPSA) is 49.4 Å². The van der Waals surface area contributed by atoms with Gasteiger partial charge < -0.3 is 10.2 Å². The molecule has 1 aliphatic rings. The van der Waals surface area contributed by atoms with Crippen molar-refractivity contribution in [3.05, 3.63) is 64.7 Å². The van der Waals surface area contributed by atoms with E-state index in [9.17, 15) is 22.8 Å². The number of amides is 2. The molecule has 0 atom stereocenters. The third-order valence-corrected chi connectivity index (χ3v) is 4.94. The van der Waals surface area contributed by atoms with E-state index in [1.54, 1.807) is 29.2 Å². The molecule has 0 radical (unpaired) electrons. The van der Waals surface area contributed by atoms with Crippen LogP contribution in [-0.4, -0.2) is 29.8 Å². The summed E-state index contributed by atoms with van der Waals surface area (Å²) < 4.78 is 37.8. The first kappa shape index (κ1) is 20.2. The van der Waals surface area contributed by atoms with Gasteiger partial charge in [-0.15, -0.1) is 0 Å². The highest BCUT2D eigenvalue weighted by Gasteiger charge is 2.31. The molecule has 28 heavy (non-hydrogen) atoms. The Morgan fingerprint density at radius 3 is 2.25 bits per heavy atom. The van der Waals surface area contributed by atoms with E-state index in [-0.39, 0.29) is 17.7 Å². The van der Waals surface area contributed by atoms with Crippen LogP contribution in [0.15, 0.2) is 48.5 Å². The number of alkyl halides is 3. The second-order valence-corrected chi connectivity index (χ2v) is 7.08. The van der Waals surface area contributed by atoms with E-state index in [0.29, 0.717) is 42.2 Å². The lowest BCUT2D eigenvalue weighted by Gasteiger charge is -2.31. The molecule has 148 valence electrons. The molecule has 4 nitrogen and oxygen atoms in total. The molecule has 2 amide bonds. The Hall–Kier alpha value is -2.54. The van der Waals surface area contributed by atoms with E-state index in [2.05, 4.69) is 5.32 Å². The monoisotopic (exact) mass is 410 g/mol. The first-order valence-electron chi connectivity index (χ1n) is 8.77. The Morgan fingerprint density at radius 2 is 1.68 bits per heavy atom. The average molecular weight is 411 g/mol. The van der Waals surface area contributed by atoms with E-state index in [4.69, 9.17) is 11.6 Å². The fraction of sp³-hybridized carbons (Fsp3) is 0.300. The predicted molar refractivity (Wildman–Crippen MR) is 100 cm³/mol. The predicted octanol–water partition coefficient (Wildman–Crippen LogP) is 4.85. The molecule has 1 saturated heterocycles. The van der Waals surface area contributed by atoms with Crippen molar-refractivity contribution in [2.75, 3.05) is 18.4 Å². The maximum atomic E-state index is 12.6. The molecular formula is C20H18ClF3N2O2. The van der Waals surface area contributed by atoms with Gasteiger partial charge in [0.2, 0.25) is 5.91 Å². The number of nitrogens with zero attached hydrogens (tertiary/aromatic N) is 1. The van der Waals surface area contributed by atoms with E-state index in [0.717, 1.165) is 12.1 Å². The molecule has 0 aromatic heterocycles. The van der Waals surface area contributed by atoms with Gasteiger partial charge in [-0.2, -0.15) is 13.2 Å². The van der Waals surface area contributed by atoms with Crippen LogP contribution in [0.4, 0.5) is 18.9 Å². The number of benzene rings is 2. The number of carbonyl (C=O) groups excluding carboxylic acids is 2. The molecule has 1 N–H and O–H groups in total. The summed E-state index contributed by atoms with van der Waals surface area (Å²) in [5.41, 5.74) is 0.0499. The van der Waals surface area contributed by atoms with Crippen LogP contribution < -0.4 is 5.32 Å². The van der Waals surface area contributed by atoms with Gasteiger partial charge in [-0.1, -0.05) is 17.7 Å². The molecule has 1 fully saturated rings. The summed E-state index contributed by atoms with van der Waals surface area (Å²) in [6.45, 7) is 0.854. The lowest BCUT2D eigenvalue weighted by molar-refractivity contribution is -0.137. The van der Waals surface area contributed by atoms with Gasteiger partial charge in [-0.05, 0) is 55.3 Å². The lowest BCUT2D eigenvalue weighted by Crippen LogP contribution is -2.41. The van der Waals surface area contributed by atoms with Gasteiger partial charge in [-0.3, -0.25) is 9.59 Å². The fourth-order valence-electron chi connectivity index (χ4n) is 3.14. The minimum Gasteiger partial charge on any atom is -0.339 e. The highest BCUT2D eigenvalue weighted by molar-refractivity contribution is 6.30.